The second kappa shape index (κ2) is 13.3. The molecule has 0 aromatic heterocycles. The molecule has 0 spiro atoms. The SMILES string of the molecule is CC[C@H](C)NC(=O)[C@@H](Cc1ccccc1)N(Cc1ccc(Cl)cc1)C(=O)COc1cc(C)cc(C)c1C. The van der Waals surface area contributed by atoms with Crippen LogP contribution in [0.15, 0.2) is 66.7 Å². The van der Waals surface area contributed by atoms with Crippen molar-refractivity contribution in [3.05, 3.63) is 99.6 Å². The van der Waals surface area contributed by atoms with Gasteiger partial charge in [0.15, 0.2) is 6.61 Å². The van der Waals surface area contributed by atoms with Gasteiger partial charge in [0.25, 0.3) is 5.91 Å². The van der Waals surface area contributed by atoms with E-state index in [1.807, 2.05) is 83.1 Å². The summed E-state index contributed by atoms with van der Waals surface area (Å²) in [7, 11) is 0. The number of carbonyl (C=O) groups is 2. The highest BCUT2D eigenvalue weighted by atomic mass is 35.5. The number of amides is 2. The minimum Gasteiger partial charge on any atom is -0.483 e. The van der Waals surface area contributed by atoms with E-state index in [1.165, 1.54) is 0 Å². The lowest BCUT2D eigenvalue weighted by Crippen LogP contribution is -2.53. The average Bonchev–Trinajstić information content (AvgIpc) is 2.88. The first-order chi connectivity index (χ1) is 17.7. The number of hydrogen-bond donors (Lipinski definition) is 1. The predicted octanol–water partition coefficient (Wildman–Crippen LogP) is 6.20. The van der Waals surface area contributed by atoms with Crippen LogP contribution in [0.4, 0.5) is 0 Å². The molecular weight excluding hydrogens is 484 g/mol. The first-order valence-electron chi connectivity index (χ1n) is 12.8. The first-order valence-corrected chi connectivity index (χ1v) is 13.1. The summed E-state index contributed by atoms with van der Waals surface area (Å²) in [6.07, 6.45) is 1.19. The zero-order valence-electron chi connectivity index (χ0n) is 22.4. The molecule has 0 unspecified atom stereocenters. The van der Waals surface area contributed by atoms with Crippen molar-refractivity contribution in [1.29, 1.82) is 0 Å². The van der Waals surface area contributed by atoms with Crippen molar-refractivity contribution < 1.29 is 14.3 Å². The van der Waals surface area contributed by atoms with Gasteiger partial charge in [0.05, 0.1) is 0 Å². The summed E-state index contributed by atoms with van der Waals surface area (Å²) in [5, 5.41) is 3.70. The van der Waals surface area contributed by atoms with Crippen molar-refractivity contribution >= 4 is 23.4 Å². The summed E-state index contributed by atoms with van der Waals surface area (Å²) < 4.78 is 6.04. The maximum absolute atomic E-state index is 13.8. The van der Waals surface area contributed by atoms with Crippen LogP contribution in [-0.4, -0.2) is 35.4 Å². The van der Waals surface area contributed by atoms with Gasteiger partial charge in [-0.2, -0.15) is 0 Å². The Bertz CT molecular complexity index is 1200. The van der Waals surface area contributed by atoms with E-state index in [4.69, 9.17) is 16.3 Å². The van der Waals surface area contributed by atoms with E-state index in [2.05, 4.69) is 11.4 Å². The number of carbonyl (C=O) groups excluding carboxylic acids is 2. The van der Waals surface area contributed by atoms with Crippen molar-refractivity contribution in [1.82, 2.24) is 10.2 Å². The molecule has 6 heteroatoms. The third-order valence-corrected chi connectivity index (χ3v) is 6.91. The van der Waals surface area contributed by atoms with E-state index in [1.54, 1.807) is 17.0 Å². The molecular formula is C31H37ClN2O3. The zero-order valence-corrected chi connectivity index (χ0v) is 23.1. The summed E-state index contributed by atoms with van der Waals surface area (Å²) in [5.74, 6) is 0.248. The number of benzene rings is 3. The molecule has 0 aliphatic carbocycles. The molecule has 3 aromatic rings. The second-order valence-corrected chi connectivity index (χ2v) is 10.1. The minimum absolute atomic E-state index is 0.00701. The summed E-state index contributed by atoms with van der Waals surface area (Å²) in [5.41, 5.74) is 5.04. The van der Waals surface area contributed by atoms with E-state index in [-0.39, 0.29) is 31.0 Å². The molecule has 2 atom stereocenters. The molecule has 0 heterocycles. The molecule has 5 nitrogen and oxygen atoms in total. The molecule has 3 rings (SSSR count). The molecule has 0 radical (unpaired) electrons. The molecule has 0 saturated carbocycles. The van der Waals surface area contributed by atoms with E-state index in [0.29, 0.717) is 17.2 Å². The van der Waals surface area contributed by atoms with Gasteiger partial charge in [-0.15, -0.1) is 0 Å². The zero-order chi connectivity index (χ0) is 26.9. The van der Waals surface area contributed by atoms with Crippen molar-refractivity contribution in [3.8, 4) is 5.75 Å². The van der Waals surface area contributed by atoms with Gasteiger partial charge in [0, 0.05) is 24.0 Å². The highest BCUT2D eigenvalue weighted by molar-refractivity contribution is 6.30. The van der Waals surface area contributed by atoms with Gasteiger partial charge in [-0.05, 0) is 80.1 Å². The van der Waals surface area contributed by atoms with Gasteiger partial charge in [0.1, 0.15) is 11.8 Å². The fourth-order valence-electron chi connectivity index (χ4n) is 4.15. The van der Waals surface area contributed by atoms with Crippen LogP contribution in [0.2, 0.25) is 5.02 Å². The summed E-state index contributed by atoms with van der Waals surface area (Å²) in [6.45, 7) is 10.1. The minimum atomic E-state index is -0.705. The Morgan fingerprint density at radius 3 is 2.30 bits per heavy atom. The van der Waals surface area contributed by atoms with E-state index in [0.717, 1.165) is 34.2 Å². The Morgan fingerprint density at radius 2 is 1.65 bits per heavy atom. The number of nitrogens with zero attached hydrogens (tertiary/aromatic N) is 1. The largest absolute Gasteiger partial charge is 0.483 e. The smallest absolute Gasteiger partial charge is 0.261 e. The third kappa shape index (κ3) is 8.09. The van der Waals surface area contributed by atoms with E-state index < -0.39 is 6.04 Å². The Hall–Kier alpha value is -3.31. The van der Waals surface area contributed by atoms with Gasteiger partial charge >= 0.3 is 0 Å². The molecule has 196 valence electrons. The van der Waals surface area contributed by atoms with Crippen molar-refractivity contribution in [2.45, 2.75) is 66.1 Å². The Labute approximate surface area is 225 Å². The predicted molar refractivity (Wildman–Crippen MR) is 150 cm³/mol. The maximum atomic E-state index is 13.8. The fraction of sp³-hybridized carbons (Fsp3) is 0.355. The molecule has 0 bridgehead atoms. The van der Waals surface area contributed by atoms with Crippen molar-refractivity contribution in [3.63, 3.8) is 0 Å². The van der Waals surface area contributed by atoms with Gasteiger partial charge in [-0.1, -0.05) is 67.1 Å². The topological polar surface area (TPSA) is 58.6 Å². The van der Waals surface area contributed by atoms with Gasteiger partial charge < -0.3 is 15.0 Å². The van der Waals surface area contributed by atoms with Gasteiger partial charge in [-0.3, -0.25) is 9.59 Å². The van der Waals surface area contributed by atoms with Crippen LogP contribution >= 0.6 is 11.6 Å². The standard InChI is InChI=1S/C31H37ClN2O3/c1-6-23(4)33-31(36)28(18-25-10-8-7-9-11-25)34(19-26-12-14-27(32)15-13-26)30(35)20-37-29-17-21(2)16-22(3)24(29)5/h7-17,23,28H,6,18-20H2,1-5H3,(H,33,36)/t23-,28+/m0/s1. The number of hydrogen-bond acceptors (Lipinski definition) is 3. The summed E-state index contributed by atoms with van der Waals surface area (Å²) in [4.78, 5) is 28.9. The van der Waals surface area contributed by atoms with Crippen LogP contribution in [0.1, 0.15) is 48.1 Å². The van der Waals surface area contributed by atoms with E-state index in [9.17, 15) is 9.59 Å². The lowest BCUT2D eigenvalue weighted by molar-refractivity contribution is -0.143. The molecule has 0 aliphatic heterocycles. The van der Waals surface area contributed by atoms with E-state index >= 15 is 0 Å². The van der Waals surface area contributed by atoms with Gasteiger partial charge in [-0.25, -0.2) is 0 Å². The van der Waals surface area contributed by atoms with Crippen LogP contribution in [-0.2, 0) is 22.6 Å². The van der Waals surface area contributed by atoms with Gasteiger partial charge in [0.2, 0.25) is 5.91 Å². The Morgan fingerprint density at radius 1 is 0.973 bits per heavy atom. The van der Waals surface area contributed by atoms with Crippen LogP contribution in [0.25, 0.3) is 0 Å². The number of halogens is 1. The lowest BCUT2D eigenvalue weighted by Gasteiger charge is -2.32. The molecule has 0 fully saturated rings. The highest BCUT2D eigenvalue weighted by Gasteiger charge is 2.31. The van der Waals surface area contributed by atoms with Crippen molar-refractivity contribution in [2.24, 2.45) is 0 Å². The molecule has 37 heavy (non-hydrogen) atoms. The highest BCUT2D eigenvalue weighted by Crippen LogP contribution is 2.24. The second-order valence-electron chi connectivity index (χ2n) is 9.67. The molecule has 0 saturated heterocycles. The average molecular weight is 521 g/mol. The lowest BCUT2D eigenvalue weighted by atomic mass is 10.0. The quantitative estimate of drug-likeness (QED) is 0.327. The number of aryl methyl sites for hydroxylation is 2. The number of nitrogens with one attached hydrogen (secondary N) is 1. The molecule has 2 amide bonds. The Balaban J connectivity index is 1.94. The molecule has 1 N–H and O–H groups in total. The maximum Gasteiger partial charge on any atom is 0.261 e. The van der Waals surface area contributed by atoms with Crippen LogP contribution in [0.3, 0.4) is 0 Å². The molecule has 3 aromatic carbocycles. The summed E-state index contributed by atoms with van der Waals surface area (Å²) in [6, 6.07) is 20.4. The fourth-order valence-corrected chi connectivity index (χ4v) is 4.28. The normalized spacial score (nSPS) is 12.5. The first kappa shape index (κ1) is 28.3. The number of ether oxygens (including phenoxy) is 1. The van der Waals surface area contributed by atoms with Crippen LogP contribution < -0.4 is 10.1 Å². The third-order valence-electron chi connectivity index (χ3n) is 6.65. The van der Waals surface area contributed by atoms with Crippen LogP contribution in [0.5, 0.6) is 5.75 Å². The monoisotopic (exact) mass is 520 g/mol. The van der Waals surface area contributed by atoms with Crippen molar-refractivity contribution in [2.75, 3.05) is 6.61 Å². The molecule has 0 aliphatic rings. The Kier molecular flexibility index (Phi) is 10.2. The van der Waals surface area contributed by atoms with Crippen LogP contribution in [0, 0.1) is 20.8 Å². The summed E-state index contributed by atoms with van der Waals surface area (Å²) >= 11 is 6.10. The number of rotatable bonds is 11.